The van der Waals surface area contributed by atoms with Crippen LogP contribution in [0.5, 0.6) is 0 Å². The van der Waals surface area contributed by atoms with E-state index in [9.17, 15) is 9.59 Å². The molecule has 1 heterocycles. The molecule has 22 heavy (non-hydrogen) atoms. The lowest BCUT2D eigenvalue weighted by molar-refractivity contribution is -0.131. The summed E-state index contributed by atoms with van der Waals surface area (Å²) >= 11 is 0. The highest BCUT2D eigenvalue weighted by molar-refractivity contribution is 6.02. The molecule has 1 aromatic carbocycles. The van der Waals surface area contributed by atoms with Gasteiger partial charge < -0.3 is 9.64 Å². The second-order valence-electron chi connectivity index (χ2n) is 6.98. The SMILES string of the molecule is CC(C)(C)OC(=O)N1CCN(c2ccccc2)C(=O)C1(C)C. The Morgan fingerprint density at radius 1 is 1.14 bits per heavy atom. The molecular formula is C17H24N2O3. The van der Waals surface area contributed by atoms with Crippen LogP contribution in [0.4, 0.5) is 10.5 Å². The molecule has 0 radical (unpaired) electrons. The van der Waals surface area contributed by atoms with Gasteiger partial charge in [-0.1, -0.05) is 18.2 Å². The minimum Gasteiger partial charge on any atom is -0.444 e. The molecule has 0 bridgehead atoms. The summed E-state index contributed by atoms with van der Waals surface area (Å²) in [5, 5.41) is 0. The summed E-state index contributed by atoms with van der Waals surface area (Å²) in [6.45, 7) is 9.89. The van der Waals surface area contributed by atoms with Gasteiger partial charge in [-0.25, -0.2) is 4.79 Å². The molecule has 1 fully saturated rings. The van der Waals surface area contributed by atoms with Crippen LogP contribution in [-0.2, 0) is 9.53 Å². The quantitative estimate of drug-likeness (QED) is 0.801. The molecule has 0 saturated carbocycles. The molecule has 0 N–H and O–H groups in total. The topological polar surface area (TPSA) is 49.9 Å². The molecule has 5 nitrogen and oxygen atoms in total. The lowest BCUT2D eigenvalue weighted by Crippen LogP contribution is -2.65. The molecule has 1 aliphatic heterocycles. The fourth-order valence-corrected chi connectivity index (χ4v) is 2.52. The highest BCUT2D eigenvalue weighted by Gasteiger charge is 2.46. The second-order valence-corrected chi connectivity index (χ2v) is 6.98. The zero-order valence-electron chi connectivity index (χ0n) is 13.9. The smallest absolute Gasteiger partial charge is 0.411 e. The van der Waals surface area contributed by atoms with Crippen molar-refractivity contribution in [3.8, 4) is 0 Å². The van der Waals surface area contributed by atoms with E-state index in [1.165, 1.54) is 4.90 Å². The van der Waals surface area contributed by atoms with Crippen molar-refractivity contribution in [1.82, 2.24) is 4.90 Å². The van der Waals surface area contributed by atoms with Gasteiger partial charge in [0.15, 0.2) is 0 Å². The number of para-hydroxylation sites is 1. The number of amides is 2. The maximum Gasteiger partial charge on any atom is 0.411 e. The number of hydrogen-bond acceptors (Lipinski definition) is 3. The van der Waals surface area contributed by atoms with Gasteiger partial charge in [-0.15, -0.1) is 0 Å². The van der Waals surface area contributed by atoms with Crippen LogP contribution in [0.25, 0.3) is 0 Å². The lowest BCUT2D eigenvalue weighted by Gasteiger charge is -2.45. The number of nitrogens with zero attached hydrogens (tertiary/aromatic N) is 2. The number of carbonyl (C=O) groups is 2. The Kier molecular flexibility index (Phi) is 4.18. The summed E-state index contributed by atoms with van der Waals surface area (Å²) in [5.74, 6) is -0.101. The Balaban J connectivity index is 2.21. The van der Waals surface area contributed by atoms with Crippen LogP contribution in [0.2, 0.25) is 0 Å². The summed E-state index contributed by atoms with van der Waals surface area (Å²) in [6.07, 6.45) is -0.446. The molecular weight excluding hydrogens is 280 g/mol. The van der Waals surface area contributed by atoms with Gasteiger partial charge in [-0.05, 0) is 46.8 Å². The maximum absolute atomic E-state index is 12.8. The standard InChI is InChI=1S/C17H24N2O3/c1-16(2,3)22-15(21)19-12-11-18(14(20)17(19,4)5)13-9-7-6-8-10-13/h6-10H,11-12H2,1-5H3. The Morgan fingerprint density at radius 3 is 2.27 bits per heavy atom. The third-order valence-electron chi connectivity index (χ3n) is 3.67. The van der Waals surface area contributed by atoms with Crippen LogP contribution >= 0.6 is 0 Å². The lowest BCUT2D eigenvalue weighted by atomic mass is 9.97. The fourth-order valence-electron chi connectivity index (χ4n) is 2.52. The van der Waals surface area contributed by atoms with Crippen molar-refractivity contribution in [3.63, 3.8) is 0 Å². The van der Waals surface area contributed by atoms with E-state index < -0.39 is 17.2 Å². The van der Waals surface area contributed by atoms with E-state index in [-0.39, 0.29) is 5.91 Å². The summed E-state index contributed by atoms with van der Waals surface area (Å²) in [6, 6.07) is 9.51. The number of carbonyl (C=O) groups excluding carboxylic acids is 2. The van der Waals surface area contributed by atoms with E-state index in [2.05, 4.69) is 0 Å². The molecule has 0 aliphatic carbocycles. The molecule has 0 spiro atoms. The molecule has 0 unspecified atom stereocenters. The summed E-state index contributed by atoms with van der Waals surface area (Å²) in [7, 11) is 0. The number of hydrogen-bond donors (Lipinski definition) is 0. The van der Waals surface area contributed by atoms with E-state index >= 15 is 0 Å². The predicted molar refractivity (Wildman–Crippen MR) is 85.8 cm³/mol. The Morgan fingerprint density at radius 2 is 1.73 bits per heavy atom. The molecule has 120 valence electrons. The molecule has 1 aliphatic rings. The zero-order chi connectivity index (χ0) is 16.5. The minimum atomic E-state index is -0.934. The molecule has 2 amide bonds. The van der Waals surface area contributed by atoms with Gasteiger partial charge in [0.2, 0.25) is 0 Å². The van der Waals surface area contributed by atoms with E-state index in [1.54, 1.807) is 18.7 Å². The van der Waals surface area contributed by atoms with Crippen molar-refractivity contribution in [1.29, 1.82) is 0 Å². The average molecular weight is 304 g/mol. The largest absolute Gasteiger partial charge is 0.444 e. The highest BCUT2D eigenvalue weighted by Crippen LogP contribution is 2.28. The Labute approximate surface area is 131 Å². The van der Waals surface area contributed by atoms with Crippen LogP contribution in [0.15, 0.2) is 30.3 Å². The van der Waals surface area contributed by atoms with Crippen LogP contribution in [-0.4, -0.2) is 41.1 Å². The first kappa shape index (κ1) is 16.3. The number of rotatable bonds is 1. The van der Waals surface area contributed by atoms with Gasteiger partial charge in [0.05, 0.1) is 0 Å². The van der Waals surface area contributed by atoms with Crippen LogP contribution in [0.3, 0.4) is 0 Å². The summed E-state index contributed by atoms with van der Waals surface area (Å²) < 4.78 is 5.42. The van der Waals surface area contributed by atoms with E-state index in [0.717, 1.165) is 5.69 Å². The maximum atomic E-state index is 12.8. The van der Waals surface area contributed by atoms with Gasteiger partial charge in [0.1, 0.15) is 11.1 Å². The molecule has 0 atom stereocenters. The first-order valence-corrected chi connectivity index (χ1v) is 7.50. The van der Waals surface area contributed by atoms with Crippen molar-refractivity contribution in [2.24, 2.45) is 0 Å². The molecule has 2 rings (SSSR count). The van der Waals surface area contributed by atoms with Crippen LogP contribution in [0, 0.1) is 0 Å². The van der Waals surface area contributed by atoms with Gasteiger partial charge in [0, 0.05) is 18.8 Å². The molecule has 1 aromatic rings. The minimum absolute atomic E-state index is 0.101. The number of piperazine rings is 1. The van der Waals surface area contributed by atoms with Crippen molar-refractivity contribution in [2.75, 3.05) is 18.0 Å². The number of benzene rings is 1. The fraction of sp³-hybridized carbons (Fsp3) is 0.529. The average Bonchev–Trinajstić information content (AvgIpc) is 2.40. The Hall–Kier alpha value is -2.04. The van der Waals surface area contributed by atoms with Crippen molar-refractivity contribution >= 4 is 17.7 Å². The van der Waals surface area contributed by atoms with E-state index in [4.69, 9.17) is 4.74 Å². The first-order valence-electron chi connectivity index (χ1n) is 7.50. The van der Waals surface area contributed by atoms with Crippen molar-refractivity contribution in [3.05, 3.63) is 30.3 Å². The third-order valence-corrected chi connectivity index (χ3v) is 3.67. The van der Waals surface area contributed by atoms with Crippen molar-refractivity contribution in [2.45, 2.75) is 45.8 Å². The number of ether oxygens (including phenoxy) is 1. The number of anilines is 1. The van der Waals surface area contributed by atoms with Crippen molar-refractivity contribution < 1.29 is 14.3 Å². The first-order chi connectivity index (χ1) is 10.1. The van der Waals surface area contributed by atoms with Crippen LogP contribution in [0.1, 0.15) is 34.6 Å². The Bertz CT molecular complexity index is 561. The monoisotopic (exact) mass is 304 g/mol. The summed E-state index contributed by atoms with van der Waals surface area (Å²) in [5.41, 5.74) is -0.659. The van der Waals surface area contributed by atoms with E-state index in [1.807, 2.05) is 51.1 Å². The van der Waals surface area contributed by atoms with Gasteiger partial charge in [-0.2, -0.15) is 0 Å². The molecule has 0 aromatic heterocycles. The normalized spacial score (nSPS) is 18.3. The van der Waals surface area contributed by atoms with E-state index in [0.29, 0.717) is 13.1 Å². The molecule has 1 saturated heterocycles. The van der Waals surface area contributed by atoms with Crippen LogP contribution < -0.4 is 4.90 Å². The van der Waals surface area contributed by atoms with Gasteiger partial charge in [-0.3, -0.25) is 9.69 Å². The highest BCUT2D eigenvalue weighted by atomic mass is 16.6. The third kappa shape index (κ3) is 3.24. The van der Waals surface area contributed by atoms with Gasteiger partial charge >= 0.3 is 6.09 Å². The summed E-state index contributed by atoms with van der Waals surface area (Å²) in [4.78, 5) is 28.4. The molecule has 5 heteroatoms. The zero-order valence-corrected chi connectivity index (χ0v) is 13.9. The second kappa shape index (κ2) is 5.63. The predicted octanol–water partition coefficient (Wildman–Crippen LogP) is 3.05. The van der Waals surface area contributed by atoms with Gasteiger partial charge in [0.25, 0.3) is 5.91 Å².